The molecule has 0 spiro atoms. The Morgan fingerprint density at radius 3 is 2.54 bits per heavy atom. The fourth-order valence-corrected chi connectivity index (χ4v) is 4.95. The molecule has 2 aromatic carbocycles. The number of piperazine rings is 1. The van der Waals surface area contributed by atoms with Gasteiger partial charge in [-0.3, -0.25) is 19.3 Å². The largest absolute Gasteiger partial charge is 0.452 e. The minimum absolute atomic E-state index is 0.0947. The van der Waals surface area contributed by atoms with E-state index in [1.165, 1.54) is 18.2 Å². The third kappa shape index (κ3) is 7.64. The smallest absolute Gasteiger partial charge is 0.390 e. The van der Waals surface area contributed by atoms with Gasteiger partial charge in [0, 0.05) is 62.2 Å². The number of carbonyl (C=O) groups is 3. The molecule has 2 saturated heterocycles. The number of amides is 2. The van der Waals surface area contributed by atoms with Gasteiger partial charge in [0.25, 0.3) is 11.8 Å². The summed E-state index contributed by atoms with van der Waals surface area (Å²) < 4.78 is 72.6. The molecule has 2 aliphatic rings. The summed E-state index contributed by atoms with van der Waals surface area (Å²) in [6.07, 6.45) is -5.87. The summed E-state index contributed by atoms with van der Waals surface area (Å²) in [5.41, 5.74) is -0.0339. The third-order valence-corrected chi connectivity index (χ3v) is 7.27. The summed E-state index contributed by atoms with van der Waals surface area (Å²) in [7, 11) is 0. The zero-order valence-corrected chi connectivity index (χ0v) is 22.7. The van der Waals surface area contributed by atoms with Gasteiger partial charge < -0.3 is 20.3 Å². The Morgan fingerprint density at radius 1 is 1.12 bits per heavy atom. The lowest BCUT2D eigenvalue weighted by Gasteiger charge is -2.41. The van der Waals surface area contributed by atoms with Crippen LogP contribution < -0.4 is 15.5 Å². The maximum atomic E-state index is 14.9. The monoisotopic (exact) mass is 602 g/mol. The predicted octanol–water partition coefficient (Wildman–Crippen LogP) is 4.66. The van der Waals surface area contributed by atoms with E-state index in [2.05, 4.69) is 10.6 Å². The van der Waals surface area contributed by atoms with Crippen molar-refractivity contribution in [1.82, 2.24) is 10.2 Å². The minimum atomic E-state index is -4.26. The van der Waals surface area contributed by atoms with E-state index in [9.17, 15) is 36.3 Å². The van der Waals surface area contributed by atoms with Crippen LogP contribution in [0.4, 0.5) is 33.3 Å². The normalized spacial score (nSPS) is 19.7. The summed E-state index contributed by atoms with van der Waals surface area (Å²) in [5, 5.41) is 5.31. The first-order valence-electron chi connectivity index (χ1n) is 12.9. The highest BCUT2D eigenvalue weighted by atomic mass is 35.5. The zero-order chi connectivity index (χ0) is 29.9. The van der Waals surface area contributed by atoms with Gasteiger partial charge in [0.05, 0.1) is 23.4 Å². The van der Waals surface area contributed by atoms with Crippen LogP contribution in [-0.4, -0.2) is 67.2 Å². The third-order valence-electron chi connectivity index (χ3n) is 7.03. The lowest BCUT2D eigenvalue weighted by molar-refractivity contribution is -0.148. The van der Waals surface area contributed by atoms with E-state index >= 15 is 0 Å². The first kappa shape index (κ1) is 30.5. The highest BCUT2D eigenvalue weighted by Crippen LogP contribution is 2.32. The molecule has 0 saturated carbocycles. The lowest BCUT2D eigenvalue weighted by Crippen LogP contribution is -2.52. The molecule has 2 aliphatic heterocycles. The van der Waals surface area contributed by atoms with Crippen LogP contribution in [0.15, 0.2) is 30.3 Å². The molecule has 0 bridgehead atoms. The molecule has 0 unspecified atom stereocenters. The first-order valence-corrected chi connectivity index (χ1v) is 13.3. The molecular formula is C27H28ClF5N4O4. The molecule has 4 rings (SSSR count). The fourth-order valence-electron chi connectivity index (χ4n) is 4.79. The van der Waals surface area contributed by atoms with Crippen molar-refractivity contribution < 1.29 is 41.1 Å². The number of cyclic esters (lactones) is 1. The Hall–Kier alpha value is -3.45. The van der Waals surface area contributed by atoms with Gasteiger partial charge in [-0.05, 0) is 31.2 Å². The molecule has 41 heavy (non-hydrogen) atoms. The number of carbonyl (C=O) groups excluding carboxylic acids is 3. The molecule has 222 valence electrons. The zero-order valence-electron chi connectivity index (χ0n) is 22.0. The standard InChI is InChI=1S/C27H28ClF5N4O4/c1-15-14-37(11-10-36(15)9-8-27(31,32)33)20-12-17(28)3-5-19(20)35-25(39)18-4-2-16(23(29)24(18)30)13-34-26(40)21-6-7-22(38)41-21/h2-5,12,15,21H,6-11,13-14H2,1H3,(H,34,40)(H,35,39)/t15-,21+/m1/s1. The van der Waals surface area contributed by atoms with E-state index in [0.717, 1.165) is 6.07 Å². The Bertz CT molecular complexity index is 1330. The van der Waals surface area contributed by atoms with E-state index in [-0.39, 0.29) is 43.2 Å². The molecular weight excluding hydrogens is 575 g/mol. The van der Waals surface area contributed by atoms with Crippen LogP contribution in [0.25, 0.3) is 0 Å². The van der Waals surface area contributed by atoms with Gasteiger partial charge in [-0.25, -0.2) is 8.78 Å². The molecule has 8 nitrogen and oxygen atoms in total. The molecule has 2 amide bonds. The number of hydrogen-bond acceptors (Lipinski definition) is 6. The van der Waals surface area contributed by atoms with Gasteiger partial charge >= 0.3 is 12.1 Å². The number of benzene rings is 2. The van der Waals surface area contributed by atoms with E-state index < -0.39 is 53.7 Å². The van der Waals surface area contributed by atoms with Crippen LogP contribution in [0.1, 0.15) is 42.1 Å². The van der Waals surface area contributed by atoms with Gasteiger partial charge in [-0.2, -0.15) is 13.2 Å². The van der Waals surface area contributed by atoms with Crippen LogP contribution in [0.5, 0.6) is 0 Å². The van der Waals surface area contributed by atoms with E-state index in [4.69, 9.17) is 16.3 Å². The Morgan fingerprint density at radius 2 is 1.88 bits per heavy atom. The molecule has 0 aromatic heterocycles. The van der Waals surface area contributed by atoms with Crippen molar-refractivity contribution in [3.05, 3.63) is 58.1 Å². The number of nitrogens with one attached hydrogen (secondary N) is 2. The number of halogens is 6. The summed E-state index contributed by atoms with van der Waals surface area (Å²) >= 11 is 6.18. The average molecular weight is 603 g/mol. The fraction of sp³-hybridized carbons (Fsp3) is 0.444. The van der Waals surface area contributed by atoms with Gasteiger partial charge in [0.1, 0.15) is 0 Å². The molecule has 0 aliphatic carbocycles. The van der Waals surface area contributed by atoms with Crippen molar-refractivity contribution in [3.8, 4) is 0 Å². The minimum Gasteiger partial charge on any atom is -0.452 e. The number of hydrogen-bond donors (Lipinski definition) is 2. The number of ether oxygens (including phenoxy) is 1. The summed E-state index contributed by atoms with van der Waals surface area (Å²) in [6.45, 7) is 2.34. The number of alkyl halides is 3. The molecule has 2 fully saturated rings. The van der Waals surface area contributed by atoms with E-state index in [1.807, 2.05) is 4.90 Å². The summed E-state index contributed by atoms with van der Waals surface area (Å²) in [5.74, 6) is -4.82. The number of anilines is 2. The summed E-state index contributed by atoms with van der Waals surface area (Å²) in [6, 6.07) is 6.62. The number of nitrogens with zero attached hydrogens (tertiary/aromatic N) is 2. The second-order valence-corrected chi connectivity index (χ2v) is 10.4. The van der Waals surface area contributed by atoms with Crippen molar-refractivity contribution in [1.29, 1.82) is 0 Å². The average Bonchev–Trinajstić information content (AvgIpc) is 3.35. The SMILES string of the molecule is C[C@@H]1CN(c2cc(Cl)ccc2NC(=O)c2ccc(CNC(=O)[C@@H]3CCC(=O)O3)c(F)c2F)CCN1CCC(F)(F)F. The summed E-state index contributed by atoms with van der Waals surface area (Å²) in [4.78, 5) is 39.9. The van der Waals surface area contributed by atoms with Crippen molar-refractivity contribution in [2.45, 2.75) is 51.1 Å². The van der Waals surface area contributed by atoms with Crippen molar-refractivity contribution in [2.24, 2.45) is 0 Å². The maximum Gasteiger partial charge on any atom is 0.390 e. The number of esters is 1. The van der Waals surface area contributed by atoms with Crippen LogP contribution in [0, 0.1) is 11.6 Å². The Labute approximate surface area is 237 Å². The van der Waals surface area contributed by atoms with Crippen molar-refractivity contribution in [2.75, 3.05) is 36.4 Å². The molecule has 2 aromatic rings. The number of rotatable bonds is 8. The quantitative estimate of drug-likeness (QED) is 0.338. The first-order chi connectivity index (χ1) is 19.3. The predicted molar refractivity (Wildman–Crippen MR) is 141 cm³/mol. The molecule has 14 heteroatoms. The van der Waals surface area contributed by atoms with Crippen LogP contribution in [-0.2, 0) is 20.9 Å². The lowest BCUT2D eigenvalue weighted by atomic mass is 10.1. The van der Waals surface area contributed by atoms with Crippen LogP contribution in [0.3, 0.4) is 0 Å². The molecule has 2 N–H and O–H groups in total. The van der Waals surface area contributed by atoms with Gasteiger partial charge in [0.15, 0.2) is 17.7 Å². The van der Waals surface area contributed by atoms with Gasteiger partial charge in [-0.1, -0.05) is 17.7 Å². The van der Waals surface area contributed by atoms with Gasteiger partial charge in [0.2, 0.25) is 0 Å². The van der Waals surface area contributed by atoms with Crippen molar-refractivity contribution >= 4 is 40.8 Å². The highest BCUT2D eigenvalue weighted by Gasteiger charge is 2.32. The maximum absolute atomic E-state index is 14.9. The van der Waals surface area contributed by atoms with Crippen molar-refractivity contribution in [3.63, 3.8) is 0 Å². The topological polar surface area (TPSA) is 91.0 Å². The highest BCUT2D eigenvalue weighted by molar-refractivity contribution is 6.31. The second kappa shape index (κ2) is 12.6. The molecule has 0 radical (unpaired) electrons. The molecule has 2 atom stereocenters. The van der Waals surface area contributed by atoms with E-state index in [0.29, 0.717) is 30.3 Å². The van der Waals surface area contributed by atoms with E-state index in [1.54, 1.807) is 17.9 Å². The van der Waals surface area contributed by atoms with Gasteiger partial charge in [-0.15, -0.1) is 0 Å². The Kier molecular flexibility index (Phi) is 9.37. The van der Waals surface area contributed by atoms with Crippen LogP contribution >= 0.6 is 11.6 Å². The second-order valence-electron chi connectivity index (χ2n) is 9.95. The Balaban J connectivity index is 1.43. The van der Waals surface area contributed by atoms with Crippen LogP contribution in [0.2, 0.25) is 5.02 Å². The molecule has 2 heterocycles.